The molecule has 2 N–H and O–H groups in total. The molecule has 0 aromatic carbocycles. The first-order valence-corrected chi connectivity index (χ1v) is 6.29. The van der Waals surface area contributed by atoms with Gasteiger partial charge in [0.05, 0.1) is 0 Å². The highest BCUT2D eigenvalue weighted by atomic mass is 32.1. The second kappa shape index (κ2) is 4.85. The van der Waals surface area contributed by atoms with Gasteiger partial charge in [0.2, 0.25) is 0 Å². The van der Waals surface area contributed by atoms with Crippen LogP contribution >= 0.6 is 11.3 Å². The minimum absolute atomic E-state index is 0.0391. The first-order chi connectivity index (χ1) is 8.54. The summed E-state index contributed by atoms with van der Waals surface area (Å²) in [4.78, 5) is 21.8. The van der Waals surface area contributed by atoms with Crippen molar-refractivity contribution in [2.24, 2.45) is 0 Å². The number of aromatic carboxylic acids is 2. The number of thiophene rings is 1. The molecule has 1 atom stereocenters. The summed E-state index contributed by atoms with van der Waals surface area (Å²) in [5.74, 6) is -2.32. The maximum atomic E-state index is 11.1. The third-order valence-corrected chi connectivity index (χ3v) is 3.65. The van der Waals surface area contributed by atoms with Crippen molar-refractivity contribution >= 4 is 23.3 Å². The molecule has 1 aromatic rings. The van der Waals surface area contributed by atoms with Gasteiger partial charge in [-0.3, -0.25) is 0 Å². The van der Waals surface area contributed by atoms with Crippen molar-refractivity contribution in [3.05, 3.63) is 9.75 Å². The molecule has 2 rings (SSSR count). The van der Waals surface area contributed by atoms with Gasteiger partial charge in [0.15, 0.2) is 21.3 Å². The van der Waals surface area contributed by atoms with Gasteiger partial charge in [-0.1, -0.05) is 13.3 Å². The Labute approximate surface area is 107 Å². The molecule has 7 heteroatoms. The van der Waals surface area contributed by atoms with Crippen LogP contribution in [0.2, 0.25) is 0 Å². The van der Waals surface area contributed by atoms with E-state index in [1.54, 1.807) is 0 Å². The van der Waals surface area contributed by atoms with Gasteiger partial charge in [-0.15, -0.1) is 11.3 Å². The molecular weight excluding hydrogens is 260 g/mol. The van der Waals surface area contributed by atoms with Crippen molar-refractivity contribution in [2.45, 2.75) is 25.9 Å². The molecule has 0 saturated heterocycles. The molecule has 18 heavy (non-hydrogen) atoms. The van der Waals surface area contributed by atoms with Gasteiger partial charge in [0.1, 0.15) is 12.7 Å². The highest BCUT2D eigenvalue weighted by molar-refractivity contribution is 7.16. The van der Waals surface area contributed by atoms with E-state index in [2.05, 4.69) is 0 Å². The molecule has 2 heterocycles. The van der Waals surface area contributed by atoms with Gasteiger partial charge in [-0.05, 0) is 6.42 Å². The summed E-state index contributed by atoms with van der Waals surface area (Å²) in [6.07, 6.45) is 1.38. The molecule has 0 spiro atoms. The number of carboxylic acid groups (broad SMARTS) is 2. The van der Waals surface area contributed by atoms with Crippen LogP contribution in [0, 0.1) is 0 Å². The largest absolute Gasteiger partial charge is 0.484 e. The van der Waals surface area contributed by atoms with E-state index in [4.69, 9.17) is 19.7 Å². The van der Waals surface area contributed by atoms with Crippen molar-refractivity contribution in [3.8, 4) is 11.5 Å². The number of rotatable bonds is 4. The van der Waals surface area contributed by atoms with Crippen molar-refractivity contribution < 1.29 is 29.3 Å². The molecule has 1 aliphatic rings. The number of hydrogen-bond acceptors (Lipinski definition) is 5. The summed E-state index contributed by atoms with van der Waals surface area (Å²) in [7, 11) is 0. The standard InChI is InChI=1S/C11H12O6S/c1-2-3-5-4-16-6-7(17-5)9(11(14)15)18-8(6)10(12)13/h5H,2-4H2,1H3,(H,12,13)(H,14,15). The monoisotopic (exact) mass is 272 g/mol. The summed E-state index contributed by atoms with van der Waals surface area (Å²) in [5.41, 5.74) is 0. The maximum absolute atomic E-state index is 11.1. The first-order valence-electron chi connectivity index (χ1n) is 5.47. The zero-order valence-electron chi connectivity index (χ0n) is 9.63. The molecular formula is C11H12O6S. The minimum Gasteiger partial charge on any atom is -0.484 e. The first kappa shape index (κ1) is 12.7. The van der Waals surface area contributed by atoms with Gasteiger partial charge < -0.3 is 19.7 Å². The second-order valence-electron chi connectivity index (χ2n) is 3.87. The van der Waals surface area contributed by atoms with Crippen LogP contribution in [0.25, 0.3) is 0 Å². The lowest BCUT2D eigenvalue weighted by Gasteiger charge is -2.24. The van der Waals surface area contributed by atoms with E-state index in [1.165, 1.54) is 0 Å². The van der Waals surface area contributed by atoms with Gasteiger partial charge in [0, 0.05) is 0 Å². The Bertz CT molecular complexity index is 492. The molecule has 0 radical (unpaired) electrons. The molecule has 0 aliphatic carbocycles. The van der Waals surface area contributed by atoms with E-state index in [9.17, 15) is 9.59 Å². The number of ether oxygens (including phenoxy) is 2. The van der Waals surface area contributed by atoms with Gasteiger partial charge in [0.25, 0.3) is 0 Å². The fraction of sp³-hybridized carbons (Fsp3) is 0.455. The van der Waals surface area contributed by atoms with Crippen LogP contribution in [0.15, 0.2) is 0 Å². The van der Waals surface area contributed by atoms with Crippen molar-refractivity contribution in [3.63, 3.8) is 0 Å². The lowest BCUT2D eigenvalue weighted by atomic mass is 10.2. The smallest absolute Gasteiger partial charge is 0.349 e. The van der Waals surface area contributed by atoms with Crippen molar-refractivity contribution in [1.82, 2.24) is 0 Å². The summed E-state index contributed by atoms with van der Waals surface area (Å²) in [5, 5.41) is 18.0. The van der Waals surface area contributed by atoms with Crippen molar-refractivity contribution in [2.75, 3.05) is 6.61 Å². The molecule has 1 aliphatic heterocycles. The zero-order valence-corrected chi connectivity index (χ0v) is 10.5. The zero-order chi connectivity index (χ0) is 13.3. The number of carbonyl (C=O) groups is 2. The van der Waals surface area contributed by atoms with E-state index >= 15 is 0 Å². The van der Waals surface area contributed by atoms with Gasteiger partial charge >= 0.3 is 11.9 Å². The second-order valence-corrected chi connectivity index (χ2v) is 4.89. The fourth-order valence-corrected chi connectivity index (χ4v) is 2.62. The molecule has 0 amide bonds. The van der Waals surface area contributed by atoms with E-state index in [-0.39, 0.29) is 34.0 Å². The SMILES string of the molecule is CCCC1COc2c(C(=O)O)sc(C(=O)O)c2O1. The van der Waals surface area contributed by atoms with E-state index in [0.29, 0.717) is 11.3 Å². The third kappa shape index (κ3) is 2.13. The van der Waals surface area contributed by atoms with Crippen molar-refractivity contribution in [1.29, 1.82) is 0 Å². The van der Waals surface area contributed by atoms with Crippen LogP contribution in [0.3, 0.4) is 0 Å². The molecule has 1 aromatic heterocycles. The predicted octanol–water partition coefficient (Wildman–Crippen LogP) is 2.08. The molecule has 0 fully saturated rings. The Morgan fingerprint density at radius 3 is 2.44 bits per heavy atom. The van der Waals surface area contributed by atoms with E-state index < -0.39 is 11.9 Å². The Balaban J connectivity index is 2.41. The highest BCUT2D eigenvalue weighted by Crippen LogP contribution is 2.45. The molecule has 0 bridgehead atoms. The lowest BCUT2D eigenvalue weighted by molar-refractivity contribution is 0.0624. The van der Waals surface area contributed by atoms with Crippen LogP contribution in [0.4, 0.5) is 0 Å². The molecule has 6 nitrogen and oxygen atoms in total. The summed E-state index contributed by atoms with van der Waals surface area (Å²) in [6, 6.07) is 0. The van der Waals surface area contributed by atoms with Crippen LogP contribution < -0.4 is 9.47 Å². The van der Waals surface area contributed by atoms with Crippen LogP contribution in [0.1, 0.15) is 39.1 Å². The fourth-order valence-electron chi connectivity index (χ4n) is 1.76. The Morgan fingerprint density at radius 1 is 1.28 bits per heavy atom. The van der Waals surface area contributed by atoms with Gasteiger partial charge in [-0.2, -0.15) is 0 Å². The summed E-state index contributed by atoms with van der Waals surface area (Å²) >= 11 is 0.663. The Morgan fingerprint density at radius 2 is 1.89 bits per heavy atom. The normalized spacial score (nSPS) is 17.5. The Kier molecular flexibility index (Phi) is 3.42. The average molecular weight is 272 g/mol. The summed E-state index contributed by atoms with van der Waals surface area (Å²) < 4.78 is 10.9. The van der Waals surface area contributed by atoms with Crippen LogP contribution in [-0.4, -0.2) is 34.9 Å². The van der Waals surface area contributed by atoms with Gasteiger partial charge in [-0.25, -0.2) is 9.59 Å². The summed E-state index contributed by atoms with van der Waals surface area (Å²) in [6.45, 7) is 2.23. The lowest BCUT2D eigenvalue weighted by Crippen LogP contribution is -2.29. The van der Waals surface area contributed by atoms with Crippen LogP contribution in [-0.2, 0) is 0 Å². The quantitative estimate of drug-likeness (QED) is 0.871. The minimum atomic E-state index is -1.21. The Hall–Kier alpha value is -1.76. The van der Waals surface area contributed by atoms with E-state index in [1.807, 2.05) is 6.92 Å². The predicted molar refractivity (Wildman–Crippen MR) is 63.1 cm³/mol. The number of fused-ring (bicyclic) bond motifs is 1. The van der Waals surface area contributed by atoms with Crippen LogP contribution in [0.5, 0.6) is 11.5 Å². The average Bonchev–Trinajstić information content (AvgIpc) is 2.68. The molecule has 1 unspecified atom stereocenters. The molecule has 0 saturated carbocycles. The topological polar surface area (TPSA) is 93.1 Å². The maximum Gasteiger partial charge on any atom is 0.349 e. The number of carboxylic acids is 2. The number of hydrogen-bond donors (Lipinski definition) is 2. The highest BCUT2D eigenvalue weighted by Gasteiger charge is 2.34. The third-order valence-electron chi connectivity index (χ3n) is 2.52. The van der Waals surface area contributed by atoms with E-state index in [0.717, 1.165) is 12.8 Å². The molecule has 98 valence electrons.